The van der Waals surface area contributed by atoms with Crippen LogP contribution in [0.5, 0.6) is 5.88 Å². The summed E-state index contributed by atoms with van der Waals surface area (Å²) in [5.74, 6) is 1.55. The maximum atomic E-state index is 5.37. The maximum absolute atomic E-state index is 5.37. The minimum Gasteiger partial charge on any atom is -0.478 e. The molecule has 0 aliphatic heterocycles. The third-order valence-corrected chi connectivity index (χ3v) is 3.13. The van der Waals surface area contributed by atoms with Crippen molar-refractivity contribution in [2.24, 2.45) is 0 Å². The maximum Gasteiger partial charge on any atom is 0.215 e. The van der Waals surface area contributed by atoms with Gasteiger partial charge in [0.1, 0.15) is 5.82 Å². The Balaban J connectivity index is 2.37. The molecule has 102 valence electrons. The molecule has 0 amide bonds. The molecule has 0 spiro atoms. The monoisotopic (exact) mass is 251 g/mol. The highest BCUT2D eigenvalue weighted by molar-refractivity contribution is 5.36. The zero-order valence-electron chi connectivity index (χ0n) is 11.9. The average molecular weight is 251 g/mol. The van der Waals surface area contributed by atoms with Gasteiger partial charge in [-0.3, -0.25) is 0 Å². The molecule has 1 rings (SSSR count). The van der Waals surface area contributed by atoms with Crippen LogP contribution in [-0.2, 0) is 0 Å². The predicted molar refractivity (Wildman–Crippen MR) is 76.3 cm³/mol. The molecule has 0 radical (unpaired) electrons. The molecule has 0 aliphatic rings. The van der Waals surface area contributed by atoms with E-state index in [9.17, 15) is 0 Å². The summed E-state index contributed by atoms with van der Waals surface area (Å²) in [4.78, 5) is 6.72. The fourth-order valence-corrected chi connectivity index (χ4v) is 1.63. The number of pyridine rings is 1. The fourth-order valence-electron chi connectivity index (χ4n) is 1.63. The molecule has 0 saturated carbocycles. The van der Waals surface area contributed by atoms with E-state index in [2.05, 4.69) is 36.1 Å². The molecule has 0 fully saturated rings. The molecule has 1 N–H and O–H groups in total. The van der Waals surface area contributed by atoms with Crippen LogP contribution in [0.15, 0.2) is 18.2 Å². The van der Waals surface area contributed by atoms with Gasteiger partial charge in [0, 0.05) is 25.2 Å². The second kappa shape index (κ2) is 7.93. The van der Waals surface area contributed by atoms with Crippen LogP contribution in [0, 0.1) is 0 Å². The Hall–Kier alpha value is -1.29. The third-order valence-electron chi connectivity index (χ3n) is 3.13. The van der Waals surface area contributed by atoms with E-state index in [0.29, 0.717) is 18.5 Å². The van der Waals surface area contributed by atoms with Gasteiger partial charge in [0.05, 0.1) is 6.61 Å². The number of nitrogens with zero attached hydrogens (tertiary/aromatic N) is 2. The summed E-state index contributed by atoms with van der Waals surface area (Å²) < 4.78 is 5.37. The van der Waals surface area contributed by atoms with E-state index in [1.165, 1.54) is 6.42 Å². The molecule has 0 aliphatic carbocycles. The molecule has 1 atom stereocenters. The lowest BCUT2D eigenvalue weighted by Gasteiger charge is -2.23. The van der Waals surface area contributed by atoms with Gasteiger partial charge in [-0.1, -0.05) is 13.0 Å². The van der Waals surface area contributed by atoms with Gasteiger partial charge in [-0.25, -0.2) is 0 Å². The molecule has 0 bridgehead atoms. The van der Waals surface area contributed by atoms with E-state index in [-0.39, 0.29) is 0 Å². The highest BCUT2D eigenvalue weighted by atomic mass is 16.5. The first kappa shape index (κ1) is 14.8. The molecule has 0 saturated heterocycles. The number of ether oxygens (including phenoxy) is 1. The van der Waals surface area contributed by atoms with Gasteiger partial charge in [0.2, 0.25) is 5.88 Å². The molecule has 4 nitrogen and oxygen atoms in total. The summed E-state index contributed by atoms with van der Waals surface area (Å²) in [6.07, 6.45) is 1.18. The van der Waals surface area contributed by atoms with Crippen molar-refractivity contribution in [3.05, 3.63) is 18.2 Å². The van der Waals surface area contributed by atoms with Crippen molar-refractivity contribution in [2.75, 3.05) is 32.1 Å². The normalized spacial score (nSPS) is 12.5. The van der Waals surface area contributed by atoms with Crippen LogP contribution in [0.2, 0.25) is 0 Å². The van der Waals surface area contributed by atoms with Crippen LogP contribution in [-0.4, -0.2) is 42.7 Å². The lowest BCUT2D eigenvalue weighted by Crippen LogP contribution is -2.32. The van der Waals surface area contributed by atoms with Crippen molar-refractivity contribution in [1.82, 2.24) is 9.88 Å². The summed E-state index contributed by atoms with van der Waals surface area (Å²) in [7, 11) is 2.15. The molecule has 4 heteroatoms. The Morgan fingerprint density at radius 2 is 2.17 bits per heavy atom. The number of anilines is 1. The molecular weight excluding hydrogens is 226 g/mol. The first-order valence-electron chi connectivity index (χ1n) is 6.71. The quantitative estimate of drug-likeness (QED) is 0.770. The lowest BCUT2D eigenvalue weighted by atomic mass is 10.2. The SMILES string of the molecule is CCOc1cccc(NCCN(C)C(C)CC)n1. The summed E-state index contributed by atoms with van der Waals surface area (Å²) in [5.41, 5.74) is 0. The number of hydrogen-bond acceptors (Lipinski definition) is 4. The highest BCUT2D eigenvalue weighted by Crippen LogP contribution is 2.11. The van der Waals surface area contributed by atoms with Crippen molar-refractivity contribution in [2.45, 2.75) is 33.2 Å². The fraction of sp³-hybridized carbons (Fsp3) is 0.643. The van der Waals surface area contributed by atoms with Crippen molar-refractivity contribution in [3.8, 4) is 5.88 Å². The van der Waals surface area contributed by atoms with Crippen LogP contribution in [0.3, 0.4) is 0 Å². The van der Waals surface area contributed by atoms with E-state index in [1.54, 1.807) is 0 Å². The minimum absolute atomic E-state index is 0.620. The average Bonchev–Trinajstić information content (AvgIpc) is 2.38. The summed E-state index contributed by atoms with van der Waals surface area (Å²) in [6, 6.07) is 6.42. The number of likely N-dealkylation sites (N-methyl/N-ethyl adjacent to an activating group) is 1. The van der Waals surface area contributed by atoms with Crippen LogP contribution in [0.25, 0.3) is 0 Å². The smallest absolute Gasteiger partial charge is 0.215 e. The van der Waals surface area contributed by atoms with Crippen molar-refractivity contribution >= 4 is 5.82 Å². The van der Waals surface area contributed by atoms with Gasteiger partial charge in [0.15, 0.2) is 0 Å². The van der Waals surface area contributed by atoms with E-state index in [0.717, 1.165) is 18.9 Å². The van der Waals surface area contributed by atoms with Gasteiger partial charge in [-0.05, 0) is 33.4 Å². The second-order valence-electron chi connectivity index (χ2n) is 4.46. The van der Waals surface area contributed by atoms with Gasteiger partial charge < -0.3 is 15.0 Å². The van der Waals surface area contributed by atoms with Gasteiger partial charge in [-0.15, -0.1) is 0 Å². The van der Waals surface area contributed by atoms with Crippen molar-refractivity contribution in [1.29, 1.82) is 0 Å². The summed E-state index contributed by atoms with van der Waals surface area (Å²) in [6.45, 7) is 8.96. The Bertz CT molecular complexity index is 344. The summed E-state index contributed by atoms with van der Waals surface area (Å²) >= 11 is 0. The van der Waals surface area contributed by atoms with E-state index in [4.69, 9.17) is 4.74 Å². The number of aromatic nitrogens is 1. The number of rotatable bonds is 8. The largest absolute Gasteiger partial charge is 0.478 e. The molecule has 1 aromatic heterocycles. The topological polar surface area (TPSA) is 37.4 Å². The van der Waals surface area contributed by atoms with E-state index >= 15 is 0 Å². The van der Waals surface area contributed by atoms with E-state index < -0.39 is 0 Å². The van der Waals surface area contributed by atoms with Crippen molar-refractivity contribution in [3.63, 3.8) is 0 Å². The summed E-state index contributed by atoms with van der Waals surface area (Å²) in [5, 5.41) is 3.32. The van der Waals surface area contributed by atoms with Gasteiger partial charge >= 0.3 is 0 Å². The standard InChI is InChI=1S/C14H25N3O/c1-5-12(3)17(4)11-10-15-13-8-7-9-14(16-13)18-6-2/h7-9,12H,5-6,10-11H2,1-4H3,(H,15,16). The Kier molecular flexibility index (Phi) is 6.50. The second-order valence-corrected chi connectivity index (χ2v) is 4.46. The third kappa shape index (κ3) is 4.92. The van der Waals surface area contributed by atoms with Crippen LogP contribution in [0.4, 0.5) is 5.82 Å². The Morgan fingerprint density at radius 1 is 1.39 bits per heavy atom. The zero-order chi connectivity index (χ0) is 13.4. The highest BCUT2D eigenvalue weighted by Gasteiger charge is 2.05. The molecule has 0 aromatic carbocycles. The van der Waals surface area contributed by atoms with Gasteiger partial charge in [0.25, 0.3) is 0 Å². The Morgan fingerprint density at radius 3 is 2.83 bits per heavy atom. The Labute approximate surface area is 110 Å². The molecular formula is C14H25N3O. The molecule has 1 aromatic rings. The van der Waals surface area contributed by atoms with Crippen molar-refractivity contribution < 1.29 is 4.74 Å². The van der Waals surface area contributed by atoms with Gasteiger partial charge in [-0.2, -0.15) is 4.98 Å². The lowest BCUT2D eigenvalue weighted by molar-refractivity contribution is 0.261. The first-order chi connectivity index (χ1) is 8.67. The molecule has 18 heavy (non-hydrogen) atoms. The number of hydrogen-bond donors (Lipinski definition) is 1. The minimum atomic E-state index is 0.620. The zero-order valence-corrected chi connectivity index (χ0v) is 11.9. The number of nitrogens with one attached hydrogen (secondary N) is 1. The predicted octanol–water partition coefficient (Wildman–Crippen LogP) is 2.62. The molecule has 1 unspecified atom stereocenters. The van der Waals surface area contributed by atoms with Crippen LogP contribution >= 0.6 is 0 Å². The van der Waals surface area contributed by atoms with Crippen LogP contribution < -0.4 is 10.1 Å². The van der Waals surface area contributed by atoms with E-state index in [1.807, 2.05) is 25.1 Å². The first-order valence-corrected chi connectivity index (χ1v) is 6.71. The van der Waals surface area contributed by atoms with Crippen LogP contribution in [0.1, 0.15) is 27.2 Å². The molecule has 1 heterocycles.